The zero-order valence-electron chi connectivity index (χ0n) is 20.5. The molecule has 170 valence electrons. The lowest BCUT2D eigenvalue weighted by Crippen LogP contribution is -2.25. The summed E-state index contributed by atoms with van der Waals surface area (Å²) in [5.74, 6) is 0. The topological polar surface area (TPSA) is 0 Å². The van der Waals surface area contributed by atoms with Gasteiger partial charge in [-0.25, -0.2) is 0 Å². The van der Waals surface area contributed by atoms with E-state index in [0.717, 1.165) is 19.3 Å². The van der Waals surface area contributed by atoms with Crippen molar-refractivity contribution in [2.24, 2.45) is 0 Å². The van der Waals surface area contributed by atoms with E-state index in [-0.39, 0.29) is 0 Å². The van der Waals surface area contributed by atoms with Gasteiger partial charge in [0.05, 0.1) is 0 Å². The van der Waals surface area contributed by atoms with Crippen molar-refractivity contribution in [2.75, 3.05) is 0 Å². The summed E-state index contributed by atoms with van der Waals surface area (Å²) in [5, 5.41) is 2.76. The maximum Gasteiger partial charge on any atom is -0.00357 e. The van der Waals surface area contributed by atoms with Crippen molar-refractivity contribution in [1.82, 2.24) is 0 Å². The molecule has 0 aromatic heterocycles. The second kappa shape index (κ2) is 9.04. The molecule has 0 fully saturated rings. The Morgan fingerprint density at radius 1 is 0.743 bits per heavy atom. The van der Waals surface area contributed by atoms with Gasteiger partial charge in [-0.3, -0.25) is 0 Å². The van der Waals surface area contributed by atoms with E-state index in [9.17, 15) is 0 Å². The molecule has 6 rings (SSSR count). The van der Waals surface area contributed by atoms with Gasteiger partial charge in [0.15, 0.2) is 0 Å². The van der Waals surface area contributed by atoms with Crippen molar-refractivity contribution in [2.45, 2.75) is 33.1 Å². The molecule has 0 unspecified atom stereocenters. The van der Waals surface area contributed by atoms with Gasteiger partial charge in [-0.1, -0.05) is 111 Å². The van der Waals surface area contributed by atoms with Gasteiger partial charge in [-0.2, -0.15) is 0 Å². The Hall–Kier alpha value is -3.90. The van der Waals surface area contributed by atoms with Gasteiger partial charge in [0.2, 0.25) is 0 Å². The maximum absolute atomic E-state index is 2.50. The Labute approximate surface area is 208 Å². The number of rotatable bonds is 5. The van der Waals surface area contributed by atoms with E-state index in [4.69, 9.17) is 0 Å². The van der Waals surface area contributed by atoms with Gasteiger partial charge in [-0.05, 0) is 97.5 Å². The summed E-state index contributed by atoms with van der Waals surface area (Å²) in [5.41, 5.74) is 13.8. The molecule has 0 saturated heterocycles. The Balaban J connectivity index is 1.82. The van der Waals surface area contributed by atoms with Gasteiger partial charge in [0.25, 0.3) is 0 Å². The minimum atomic E-state index is 0.989. The molecule has 35 heavy (non-hydrogen) atoms. The van der Waals surface area contributed by atoms with Gasteiger partial charge in [0.1, 0.15) is 0 Å². The lowest BCUT2D eigenvalue weighted by molar-refractivity contribution is 1.09. The van der Waals surface area contributed by atoms with E-state index in [0.29, 0.717) is 0 Å². The first kappa shape index (κ1) is 21.6. The molecule has 0 heteroatoms. The van der Waals surface area contributed by atoms with Crippen molar-refractivity contribution in [3.8, 4) is 11.1 Å². The quantitative estimate of drug-likeness (QED) is 0.265. The smallest absolute Gasteiger partial charge is 0.00357 e. The molecule has 0 bridgehead atoms. The van der Waals surface area contributed by atoms with E-state index in [1.54, 1.807) is 0 Å². The fraction of sp³-hybridized carbons (Fsp3) is 0.143. The number of benzene rings is 4. The van der Waals surface area contributed by atoms with E-state index in [1.807, 2.05) is 0 Å². The highest BCUT2D eigenvalue weighted by atomic mass is 14.3. The monoisotopic (exact) mass is 450 g/mol. The van der Waals surface area contributed by atoms with Crippen LogP contribution in [0, 0.1) is 0 Å². The van der Waals surface area contributed by atoms with Crippen LogP contribution in [0.2, 0.25) is 0 Å². The van der Waals surface area contributed by atoms with Crippen molar-refractivity contribution in [3.05, 3.63) is 147 Å². The van der Waals surface area contributed by atoms with Crippen LogP contribution in [0.1, 0.15) is 53.6 Å². The first-order valence-electron chi connectivity index (χ1n) is 12.8. The molecule has 0 radical (unpaired) electrons. The first-order chi connectivity index (χ1) is 17.3. The molecule has 0 aliphatic heterocycles. The molecule has 0 amide bonds. The van der Waals surface area contributed by atoms with Crippen molar-refractivity contribution < 1.29 is 0 Å². The third-order valence-electron chi connectivity index (χ3n) is 7.45. The molecular formula is C35H30. The van der Waals surface area contributed by atoms with E-state index < -0.39 is 0 Å². The van der Waals surface area contributed by atoms with Gasteiger partial charge >= 0.3 is 0 Å². The molecular weight excluding hydrogens is 420 g/mol. The van der Waals surface area contributed by atoms with Crippen LogP contribution >= 0.6 is 0 Å². The largest absolute Gasteiger partial charge is 0.0801 e. The van der Waals surface area contributed by atoms with Crippen molar-refractivity contribution >= 4 is 17.2 Å². The summed E-state index contributed by atoms with van der Waals surface area (Å²) in [4.78, 5) is 0. The number of hydrogen-bond acceptors (Lipinski definition) is 0. The van der Waals surface area contributed by atoms with E-state index >= 15 is 0 Å². The lowest BCUT2D eigenvalue weighted by atomic mass is 9.85. The van der Waals surface area contributed by atoms with Crippen LogP contribution < -0.4 is 10.4 Å². The van der Waals surface area contributed by atoms with Crippen LogP contribution in [0.5, 0.6) is 0 Å². The summed E-state index contributed by atoms with van der Waals surface area (Å²) in [6.07, 6.45) is 12.3. The standard InChI is InChI=1S/C35H30/c1-3-24-20-13-21-28-22-30-32(33(24)28)23-31(29(4-2)35(30)27-18-11-12-19-27)34(25-14-7-5-8-15-25)26-16-9-6-10-17-26/h5-18,20-23H,3-4,19H2,1-2H3. The normalized spacial score (nSPS) is 13.3. The predicted molar refractivity (Wildman–Crippen MR) is 150 cm³/mol. The Kier molecular flexibility index (Phi) is 5.58. The van der Waals surface area contributed by atoms with E-state index in [2.05, 4.69) is 123 Å². The Morgan fingerprint density at radius 2 is 1.46 bits per heavy atom. The van der Waals surface area contributed by atoms with Crippen molar-refractivity contribution in [3.63, 3.8) is 0 Å². The molecule has 4 aromatic carbocycles. The summed E-state index contributed by atoms with van der Waals surface area (Å²) >= 11 is 0. The van der Waals surface area contributed by atoms with Crippen LogP contribution in [0.4, 0.5) is 0 Å². The molecule has 2 aliphatic rings. The van der Waals surface area contributed by atoms with Crippen LogP contribution in [-0.4, -0.2) is 0 Å². The van der Waals surface area contributed by atoms with Gasteiger partial charge in [-0.15, -0.1) is 0 Å². The van der Waals surface area contributed by atoms with Crippen LogP contribution in [-0.2, 0) is 12.8 Å². The van der Waals surface area contributed by atoms with Gasteiger partial charge in [0, 0.05) is 0 Å². The number of aryl methyl sites for hydroxylation is 1. The SMILES string of the molecule is CCc1cccc2c1-c1cc(=C(c3ccccc3)c3ccccc3)c(CC)c(C3=CC=CC3)c1=C2. The Bertz CT molecular complexity index is 1560. The second-order valence-corrected chi connectivity index (χ2v) is 9.40. The maximum atomic E-state index is 2.50. The zero-order chi connectivity index (χ0) is 23.8. The summed E-state index contributed by atoms with van der Waals surface area (Å²) in [7, 11) is 0. The molecule has 4 aromatic rings. The minimum Gasteiger partial charge on any atom is -0.0801 e. The number of fused-ring (bicyclic) bond motifs is 3. The highest BCUT2D eigenvalue weighted by Gasteiger charge is 2.23. The van der Waals surface area contributed by atoms with Crippen LogP contribution in [0.25, 0.3) is 28.3 Å². The van der Waals surface area contributed by atoms with E-state index in [1.165, 1.54) is 66.1 Å². The summed E-state index contributed by atoms with van der Waals surface area (Å²) in [6.45, 7) is 4.58. The average molecular weight is 451 g/mol. The molecule has 0 atom stereocenters. The zero-order valence-corrected chi connectivity index (χ0v) is 20.5. The number of hydrogen-bond donors (Lipinski definition) is 0. The van der Waals surface area contributed by atoms with Gasteiger partial charge < -0.3 is 0 Å². The third-order valence-corrected chi connectivity index (χ3v) is 7.45. The fourth-order valence-electron chi connectivity index (χ4n) is 5.89. The van der Waals surface area contributed by atoms with Crippen LogP contribution in [0.15, 0.2) is 103 Å². The predicted octanol–water partition coefficient (Wildman–Crippen LogP) is 7.21. The Morgan fingerprint density at radius 3 is 2.06 bits per heavy atom. The third kappa shape index (κ3) is 3.61. The molecule has 0 heterocycles. The lowest BCUT2D eigenvalue weighted by Gasteiger charge is -2.18. The first-order valence-corrected chi connectivity index (χ1v) is 12.8. The molecule has 0 spiro atoms. The average Bonchev–Trinajstić information content (AvgIpc) is 3.57. The molecule has 2 aliphatic carbocycles. The molecule has 0 saturated carbocycles. The minimum absolute atomic E-state index is 0.989. The summed E-state index contributed by atoms with van der Waals surface area (Å²) in [6, 6.07) is 31.1. The second-order valence-electron chi connectivity index (χ2n) is 9.40. The van der Waals surface area contributed by atoms with Crippen LogP contribution in [0.3, 0.4) is 0 Å². The fourth-order valence-corrected chi connectivity index (χ4v) is 5.89. The highest BCUT2D eigenvalue weighted by Crippen LogP contribution is 2.34. The van der Waals surface area contributed by atoms with Crippen molar-refractivity contribution in [1.29, 1.82) is 0 Å². The molecule has 0 nitrogen and oxygen atoms in total. The number of allylic oxidation sites excluding steroid dienone is 4. The highest BCUT2D eigenvalue weighted by molar-refractivity contribution is 5.91. The molecule has 0 N–H and O–H groups in total. The summed E-state index contributed by atoms with van der Waals surface area (Å²) < 4.78 is 0.